The molecule has 1 aromatic rings. The summed E-state index contributed by atoms with van der Waals surface area (Å²) in [5, 5.41) is 3.61. The zero-order chi connectivity index (χ0) is 12.8. The molecule has 0 bridgehead atoms. The molecule has 2 rings (SSSR count). The smallest absolute Gasteiger partial charge is 0.0332 e. The summed E-state index contributed by atoms with van der Waals surface area (Å²) in [6.45, 7) is 9.38. The van der Waals surface area contributed by atoms with Crippen molar-refractivity contribution in [2.75, 3.05) is 26.2 Å². The van der Waals surface area contributed by atoms with Crippen molar-refractivity contribution in [2.24, 2.45) is 5.92 Å². The molecule has 2 atom stereocenters. The van der Waals surface area contributed by atoms with Gasteiger partial charge in [0.05, 0.1) is 0 Å². The van der Waals surface area contributed by atoms with E-state index in [4.69, 9.17) is 0 Å². The monoisotopic (exact) mass is 246 g/mol. The number of hydrogen-bond acceptors (Lipinski definition) is 2. The van der Waals surface area contributed by atoms with E-state index < -0.39 is 0 Å². The molecule has 0 radical (unpaired) electrons. The van der Waals surface area contributed by atoms with Crippen LogP contribution in [0.15, 0.2) is 30.3 Å². The van der Waals surface area contributed by atoms with Crippen molar-refractivity contribution in [3.63, 3.8) is 0 Å². The van der Waals surface area contributed by atoms with Gasteiger partial charge >= 0.3 is 0 Å². The van der Waals surface area contributed by atoms with Crippen LogP contribution in [0.5, 0.6) is 0 Å². The predicted molar refractivity (Wildman–Crippen MR) is 77.7 cm³/mol. The van der Waals surface area contributed by atoms with Gasteiger partial charge in [0.15, 0.2) is 0 Å². The van der Waals surface area contributed by atoms with Crippen LogP contribution < -0.4 is 5.32 Å². The molecule has 2 heteroatoms. The molecule has 1 aliphatic rings. The van der Waals surface area contributed by atoms with Gasteiger partial charge in [0.2, 0.25) is 0 Å². The average molecular weight is 246 g/mol. The molecular formula is C16H26N2. The van der Waals surface area contributed by atoms with Crippen molar-refractivity contribution in [2.45, 2.75) is 32.7 Å². The van der Waals surface area contributed by atoms with Gasteiger partial charge < -0.3 is 10.2 Å². The lowest BCUT2D eigenvalue weighted by atomic mass is 10.0. The zero-order valence-corrected chi connectivity index (χ0v) is 11.7. The number of rotatable bonds is 6. The highest BCUT2D eigenvalue weighted by atomic mass is 15.1. The average Bonchev–Trinajstić information content (AvgIpc) is 2.81. The van der Waals surface area contributed by atoms with E-state index >= 15 is 0 Å². The minimum atomic E-state index is 0.507. The number of hydrogen-bond donors (Lipinski definition) is 1. The lowest BCUT2D eigenvalue weighted by molar-refractivity contribution is 0.302. The SMILES string of the molecule is CCNC(CCN1CCC(C)C1)c1ccccc1. The van der Waals surface area contributed by atoms with Crippen LogP contribution in [-0.2, 0) is 0 Å². The minimum Gasteiger partial charge on any atom is -0.310 e. The Morgan fingerprint density at radius 2 is 2.11 bits per heavy atom. The van der Waals surface area contributed by atoms with Crippen LogP contribution in [0.4, 0.5) is 0 Å². The van der Waals surface area contributed by atoms with Crippen LogP contribution in [0.3, 0.4) is 0 Å². The molecule has 1 saturated heterocycles. The van der Waals surface area contributed by atoms with E-state index in [1.54, 1.807) is 0 Å². The van der Waals surface area contributed by atoms with Crippen LogP contribution in [0, 0.1) is 5.92 Å². The molecule has 18 heavy (non-hydrogen) atoms. The first-order valence-electron chi connectivity index (χ1n) is 7.30. The molecule has 2 unspecified atom stereocenters. The van der Waals surface area contributed by atoms with E-state index in [-0.39, 0.29) is 0 Å². The molecule has 0 saturated carbocycles. The third kappa shape index (κ3) is 3.82. The Labute approximate surface area is 111 Å². The number of nitrogens with one attached hydrogen (secondary N) is 1. The molecule has 100 valence electrons. The normalized spacial score (nSPS) is 22.2. The quantitative estimate of drug-likeness (QED) is 0.830. The van der Waals surface area contributed by atoms with Crippen molar-refractivity contribution < 1.29 is 0 Å². The van der Waals surface area contributed by atoms with Crippen molar-refractivity contribution in [3.8, 4) is 0 Å². The molecule has 1 heterocycles. The van der Waals surface area contributed by atoms with Crippen LogP contribution in [0.1, 0.15) is 38.3 Å². The highest BCUT2D eigenvalue weighted by Gasteiger charge is 2.19. The maximum Gasteiger partial charge on any atom is 0.0332 e. The molecular weight excluding hydrogens is 220 g/mol. The highest BCUT2D eigenvalue weighted by molar-refractivity contribution is 5.18. The number of nitrogens with zero attached hydrogens (tertiary/aromatic N) is 1. The fraction of sp³-hybridized carbons (Fsp3) is 0.625. The van der Waals surface area contributed by atoms with Gasteiger partial charge in [-0.3, -0.25) is 0 Å². The number of benzene rings is 1. The Morgan fingerprint density at radius 1 is 1.33 bits per heavy atom. The third-order valence-corrected chi connectivity index (χ3v) is 3.89. The Bertz CT molecular complexity index is 336. The molecule has 0 aromatic heterocycles. The minimum absolute atomic E-state index is 0.507. The van der Waals surface area contributed by atoms with Gasteiger partial charge in [0.25, 0.3) is 0 Å². The summed E-state index contributed by atoms with van der Waals surface area (Å²) in [4.78, 5) is 2.61. The van der Waals surface area contributed by atoms with Crippen LogP contribution in [-0.4, -0.2) is 31.1 Å². The first-order chi connectivity index (χ1) is 8.79. The molecule has 0 spiro atoms. The van der Waals surface area contributed by atoms with Crippen molar-refractivity contribution in [1.29, 1.82) is 0 Å². The molecule has 1 fully saturated rings. The van der Waals surface area contributed by atoms with E-state index in [0.717, 1.165) is 12.5 Å². The summed E-state index contributed by atoms with van der Waals surface area (Å²) < 4.78 is 0. The largest absolute Gasteiger partial charge is 0.310 e. The number of likely N-dealkylation sites (tertiary alicyclic amines) is 1. The standard InChI is InChI=1S/C16H26N2/c1-3-17-16(15-7-5-4-6-8-15)10-12-18-11-9-14(2)13-18/h4-8,14,16-17H,3,9-13H2,1-2H3. The van der Waals surface area contributed by atoms with E-state index in [1.807, 2.05) is 0 Å². The van der Waals surface area contributed by atoms with Crippen LogP contribution in [0.2, 0.25) is 0 Å². The van der Waals surface area contributed by atoms with E-state index in [9.17, 15) is 0 Å². The summed E-state index contributed by atoms with van der Waals surface area (Å²) in [6.07, 6.45) is 2.59. The first kappa shape index (κ1) is 13.6. The van der Waals surface area contributed by atoms with Crippen LogP contribution in [0.25, 0.3) is 0 Å². The van der Waals surface area contributed by atoms with Crippen molar-refractivity contribution >= 4 is 0 Å². The second-order valence-corrected chi connectivity index (χ2v) is 5.50. The lowest BCUT2D eigenvalue weighted by Crippen LogP contribution is -2.28. The van der Waals surface area contributed by atoms with Gasteiger partial charge in [-0.05, 0) is 44.0 Å². The molecule has 1 aromatic carbocycles. The van der Waals surface area contributed by atoms with Gasteiger partial charge in [-0.25, -0.2) is 0 Å². The highest BCUT2D eigenvalue weighted by Crippen LogP contribution is 2.20. The molecule has 1 aliphatic heterocycles. The zero-order valence-electron chi connectivity index (χ0n) is 11.7. The molecule has 0 aliphatic carbocycles. The second kappa shape index (κ2) is 6.91. The summed E-state index contributed by atoms with van der Waals surface area (Å²) in [5.74, 6) is 0.888. The Morgan fingerprint density at radius 3 is 2.72 bits per heavy atom. The molecule has 0 amide bonds. The predicted octanol–water partition coefficient (Wildman–Crippen LogP) is 3.07. The van der Waals surface area contributed by atoms with E-state index in [2.05, 4.69) is 54.4 Å². The fourth-order valence-corrected chi connectivity index (χ4v) is 2.86. The first-order valence-corrected chi connectivity index (χ1v) is 7.30. The van der Waals surface area contributed by atoms with Gasteiger partial charge in [-0.1, -0.05) is 44.2 Å². The summed E-state index contributed by atoms with van der Waals surface area (Å²) in [5.41, 5.74) is 1.42. The topological polar surface area (TPSA) is 15.3 Å². The second-order valence-electron chi connectivity index (χ2n) is 5.50. The summed E-state index contributed by atoms with van der Waals surface area (Å²) in [6, 6.07) is 11.3. The summed E-state index contributed by atoms with van der Waals surface area (Å²) >= 11 is 0. The fourth-order valence-electron chi connectivity index (χ4n) is 2.86. The molecule has 1 N–H and O–H groups in total. The maximum atomic E-state index is 3.61. The van der Waals surface area contributed by atoms with Gasteiger partial charge in [0.1, 0.15) is 0 Å². The summed E-state index contributed by atoms with van der Waals surface area (Å²) in [7, 11) is 0. The Balaban J connectivity index is 1.87. The Hall–Kier alpha value is -0.860. The van der Waals surface area contributed by atoms with Crippen LogP contribution >= 0.6 is 0 Å². The maximum absolute atomic E-state index is 3.61. The lowest BCUT2D eigenvalue weighted by Gasteiger charge is -2.22. The third-order valence-electron chi connectivity index (χ3n) is 3.89. The van der Waals surface area contributed by atoms with E-state index in [0.29, 0.717) is 6.04 Å². The van der Waals surface area contributed by atoms with Gasteiger partial charge in [-0.15, -0.1) is 0 Å². The van der Waals surface area contributed by atoms with Gasteiger partial charge in [-0.2, -0.15) is 0 Å². The van der Waals surface area contributed by atoms with Crippen molar-refractivity contribution in [3.05, 3.63) is 35.9 Å². The Kier molecular flexibility index (Phi) is 5.21. The molecule has 2 nitrogen and oxygen atoms in total. The van der Waals surface area contributed by atoms with Crippen molar-refractivity contribution in [1.82, 2.24) is 10.2 Å². The van der Waals surface area contributed by atoms with E-state index in [1.165, 1.54) is 38.0 Å². The van der Waals surface area contributed by atoms with Gasteiger partial charge in [0, 0.05) is 12.6 Å².